The van der Waals surface area contributed by atoms with Gasteiger partial charge in [-0.2, -0.15) is 0 Å². The van der Waals surface area contributed by atoms with Crippen molar-refractivity contribution in [2.75, 3.05) is 33.6 Å². The predicted molar refractivity (Wildman–Crippen MR) is 143 cm³/mol. The number of aliphatic imine (C=N–C) groups is 1. The summed E-state index contributed by atoms with van der Waals surface area (Å²) in [6.45, 7) is 5.10. The quantitative estimate of drug-likeness (QED) is 0.0756. The minimum Gasteiger partial charge on any atom is -0.477 e. The molecular formula is C24H41N7O6S. The largest absolute Gasteiger partial charge is 0.477 e. The van der Waals surface area contributed by atoms with E-state index >= 15 is 0 Å². The molecule has 0 aromatic rings. The number of guanidine groups is 1. The van der Waals surface area contributed by atoms with E-state index in [0.717, 1.165) is 6.42 Å². The molecule has 14 heteroatoms. The zero-order chi connectivity index (χ0) is 27.0. The number of piperidine rings is 1. The molecule has 0 radical (unpaired) electrons. The molecule has 0 spiro atoms. The van der Waals surface area contributed by atoms with Crippen LogP contribution in [-0.4, -0.2) is 112 Å². The lowest BCUT2D eigenvalue weighted by atomic mass is 9.79. The maximum atomic E-state index is 13.0. The standard InChI is InChI=1S/C23H37N7O6S.CH4/c1-11-18-17(12(2)31)21(33)30(18)19(22(34)35)20(11)37-14-7-15(28(3)8-14)29-5-4-13(6-16(29)32)26-9-36-10-27-23(24)25;/h11-15,17-18,26,31H,4-10H2,1-3H3,(H,34,35)(H4,24,25,27);1H4/t11-,12-,13+,14+,15-,17-,18-;/m1./s1. The Balaban J connectivity index is 0.00000400. The van der Waals surface area contributed by atoms with Gasteiger partial charge in [0, 0.05) is 41.6 Å². The summed E-state index contributed by atoms with van der Waals surface area (Å²) in [6.07, 6.45) is 0.946. The fourth-order valence-electron chi connectivity index (χ4n) is 5.92. The second-order valence-corrected chi connectivity index (χ2v) is 11.6. The summed E-state index contributed by atoms with van der Waals surface area (Å²) in [5, 5.41) is 23.2. The fourth-order valence-corrected chi connectivity index (χ4v) is 7.51. The van der Waals surface area contributed by atoms with Gasteiger partial charge in [-0.25, -0.2) is 9.79 Å². The number of carboxylic acid groups (broad SMARTS) is 1. The number of hydrogen-bond donors (Lipinski definition) is 5. The van der Waals surface area contributed by atoms with Gasteiger partial charge in [0.05, 0.1) is 31.0 Å². The molecule has 2 amide bonds. The Hall–Kier alpha value is -2.39. The number of carbonyl (C=O) groups is 3. The highest BCUT2D eigenvalue weighted by molar-refractivity contribution is 8.03. The van der Waals surface area contributed by atoms with Crippen LogP contribution in [0.3, 0.4) is 0 Å². The molecule has 3 saturated heterocycles. The summed E-state index contributed by atoms with van der Waals surface area (Å²) in [5.74, 6) is -2.18. The zero-order valence-electron chi connectivity index (χ0n) is 21.4. The molecule has 4 aliphatic rings. The third-order valence-electron chi connectivity index (χ3n) is 7.71. The number of aliphatic carboxylic acids is 1. The maximum Gasteiger partial charge on any atom is 0.353 e. The minimum absolute atomic E-state index is 0. The van der Waals surface area contributed by atoms with Gasteiger partial charge >= 0.3 is 5.97 Å². The van der Waals surface area contributed by atoms with Gasteiger partial charge in [-0.05, 0) is 26.8 Å². The molecule has 4 rings (SSSR count). The van der Waals surface area contributed by atoms with Gasteiger partial charge < -0.3 is 36.2 Å². The van der Waals surface area contributed by atoms with Crippen LogP contribution in [0.25, 0.3) is 0 Å². The molecule has 7 atom stereocenters. The van der Waals surface area contributed by atoms with Crippen LogP contribution in [0.15, 0.2) is 15.6 Å². The summed E-state index contributed by atoms with van der Waals surface area (Å²) < 4.78 is 5.30. The van der Waals surface area contributed by atoms with Crippen molar-refractivity contribution in [3.63, 3.8) is 0 Å². The summed E-state index contributed by atoms with van der Waals surface area (Å²) in [5.41, 5.74) is 10.6. The van der Waals surface area contributed by atoms with Gasteiger partial charge in [-0.3, -0.25) is 19.8 Å². The molecule has 0 aromatic heterocycles. The summed E-state index contributed by atoms with van der Waals surface area (Å²) in [6, 6.07) is -0.320. The van der Waals surface area contributed by atoms with Gasteiger partial charge in [0.2, 0.25) is 11.8 Å². The molecular weight excluding hydrogens is 514 g/mol. The second kappa shape index (κ2) is 12.2. The highest BCUT2D eigenvalue weighted by Gasteiger charge is 2.60. The third-order valence-corrected chi connectivity index (χ3v) is 9.20. The average Bonchev–Trinajstić information content (AvgIpc) is 3.28. The molecule has 4 heterocycles. The van der Waals surface area contributed by atoms with Crippen molar-refractivity contribution in [1.29, 1.82) is 0 Å². The van der Waals surface area contributed by atoms with Crippen molar-refractivity contribution in [3.05, 3.63) is 10.6 Å². The van der Waals surface area contributed by atoms with Crippen LogP contribution in [0.4, 0.5) is 0 Å². The number of thioether (sulfide) groups is 1. The zero-order valence-corrected chi connectivity index (χ0v) is 22.2. The first-order chi connectivity index (χ1) is 17.5. The first-order valence-corrected chi connectivity index (χ1v) is 13.4. The monoisotopic (exact) mass is 555 g/mol. The number of likely N-dealkylation sites (tertiary alicyclic amines) is 2. The smallest absolute Gasteiger partial charge is 0.353 e. The Morgan fingerprint density at radius 1 is 1.34 bits per heavy atom. The van der Waals surface area contributed by atoms with E-state index in [0.29, 0.717) is 30.8 Å². The molecule has 0 aliphatic carbocycles. The van der Waals surface area contributed by atoms with E-state index in [1.165, 1.54) is 16.7 Å². The number of nitrogens with one attached hydrogen (secondary N) is 1. The minimum atomic E-state index is -1.12. The van der Waals surface area contributed by atoms with Crippen molar-refractivity contribution in [2.24, 2.45) is 28.3 Å². The van der Waals surface area contributed by atoms with Crippen molar-refractivity contribution >= 4 is 35.5 Å². The van der Waals surface area contributed by atoms with Crippen LogP contribution in [0.5, 0.6) is 0 Å². The fraction of sp³-hybridized carbons (Fsp3) is 0.750. The normalized spacial score (nSPS) is 32.1. The Kier molecular flexibility index (Phi) is 9.68. The summed E-state index contributed by atoms with van der Waals surface area (Å²) >= 11 is 1.50. The first kappa shape index (κ1) is 30.2. The highest BCUT2D eigenvalue weighted by atomic mass is 32.2. The average molecular weight is 556 g/mol. The number of carbonyl (C=O) groups excluding carboxylic acids is 2. The summed E-state index contributed by atoms with van der Waals surface area (Å²) in [4.78, 5) is 47.5. The Morgan fingerprint density at radius 3 is 2.66 bits per heavy atom. The Morgan fingerprint density at radius 2 is 2.05 bits per heavy atom. The third kappa shape index (κ3) is 5.78. The maximum absolute atomic E-state index is 13.0. The number of rotatable bonds is 10. The molecule has 0 bridgehead atoms. The van der Waals surface area contributed by atoms with E-state index in [9.17, 15) is 24.6 Å². The van der Waals surface area contributed by atoms with E-state index in [1.807, 2.05) is 18.9 Å². The number of nitrogens with zero attached hydrogens (tertiary/aromatic N) is 4. The molecule has 13 nitrogen and oxygen atoms in total. The van der Waals surface area contributed by atoms with Crippen LogP contribution in [0.2, 0.25) is 0 Å². The molecule has 214 valence electrons. The van der Waals surface area contributed by atoms with E-state index in [-0.39, 0.29) is 73.8 Å². The van der Waals surface area contributed by atoms with Gasteiger partial charge in [0.15, 0.2) is 5.96 Å². The van der Waals surface area contributed by atoms with Crippen molar-refractivity contribution in [2.45, 2.75) is 70.1 Å². The molecule has 0 unspecified atom stereocenters. The van der Waals surface area contributed by atoms with Crippen molar-refractivity contribution in [3.8, 4) is 0 Å². The van der Waals surface area contributed by atoms with Crippen molar-refractivity contribution in [1.82, 2.24) is 20.0 Å². The molecule has 0 saturated carbocycles. The van der Waals surface area contributed by atoms with Gasteiger partial charge in [-0.15, -0.1) is 11.8 Å². The van der Waals surface area contributed by atoms with Crippen LogP contribution < -0.4 is 16.8 Å². The lowest BCUT2D eigenvalue weighted by Gasteiger charge is -2.46. The van der Waals surface area contributed by atoms with Crippen LogP contribution >= 0.6 is 11.8 Å². The number of nitrogens with two attached hydrogens (primary N) is 2. The molecule has 3 fully saturated rings. The number of amides is 2. The van der Waals surface area contributed by atoms with E-state index < -0.39 is 18.0 Å². The topological polar surface area (TPSA) is 187 Å². The second-order valence-electron chi connectivity index (χ2n) is 10.2. The first-order valence-electron chi connectivity index (χ1n) is 12.5. The highest BCUT2D eigenvalue weighted by Crippen LogP contribution is 2.52. The molecule has 7 N–H and O–H groups in total. The molecule has 38 heavy (non-hydrogen) atoms. The number of aliphatic hydroxyl groups excluding tert-OH is 1. The number of carboxylic acids is 1. The number of hydrogen-bond acceptors (Lipinski definition) is 9. The number of aliphatic hydroxyl groups is 1. The summed E-state index contributed by atoms with van der Waals surface area (Å²) in [7, 11) is 1.98. The number of fused-ring (bicyclic) bond motifs is 1. The molecule has 4 aliphatic heterocycles. The molecule has 0 aromatic carbocycles. The van der Waals surface area contributed by atoms with Crippen LogP contribution in [0, 0.1) is 11.8 Å². The van der Waals surface area contributed by atoms with E-state index in [2.05, 4.69) is 15.2 Å². The number of ether oxygens (including phenoxy) is 1. The van der Waals surface area contributed by atoms with Gasteiger partial charge in [-0.1, -0.05) is 14.4 Å². The lowest BCUT2D eigenvalue weighted by Crippen LogP contribution is -2.63. The van der Waals surface area contributed by atoms with Crippen LogP contribution in [-0.2, 0) is 19.1 Å². The van der Waals surface area contributed by atoms with Crippen molar-refractivity contribution < 1.29 is 29.3 Å². The van der Waals surface area contributed by atoms with Gasteiger partial charge in [0.25, 0.3) is 0 Å². The number of β-lactam (4-membered cyclic amide) rings is 1. The Labute approximate surface area is 227 Å². The predicted octanol–water partition coefficient (Wildman–Crippen LogP) is -0.675. The van der Waals surface area contributed by atoms with Gasteiger partial charge in [0.1, 0.15) is 12.4 Å². The Bertz CT molecular complexity index is 987. The van der Waals surface area contributed by atoms with E-state index in [4.69, 9.17) is 16.2 Å². The van der Waals surface area contributed by atoms with Crippen LogP contribution in [0.1, 0.15) is 40.5 Å². The SMILES string of the molecule is C.C[C@@H](O)[C@H]1C(=O)N2C(C(=O)O)=C(S[C@H]3C[C@@H](N4CC[C@H](NCOCN=C(N)N)CC4=O)N(C)C3)[C@H](C)[C@H]12. The van der Waals surface area contributed by atoms with E-state index in [1.54, 1.807) is 6.92 Å². The lowest BCUT2D eigenvalue weighted by molar-refractivity contribution is -0.163.